The Morgan fingerprint density at radius 1 is 1.37 bits per heavy atom. The fourth-order valence-electron chi connectivity index (χ4n) is 3.39. The highest BCUT2D eigenvalue weighted by atomic mass is 16.5. The van der Waals surface area contributed by atoms with E-state index in [4.69, 9.17) is 4.74 Å². The average Bonchev–Trinajstić information content (AvgIpc) is 3.34. The summed E-state index contributed by atoms with van der Waals surface area (Å²) in [6.07, 6.45) is 5.17. The molecule has 1 saturated heterocycles. The van der Waals surface area contributed by atoms with Gasteiger partial charge in [0.15, 0.2) is 5.65 Å². The molecule has 1 amide bonds. The maximum Gasteiger partial charge on any atom is 0.263 e. The van der Waals surface area contributed by atoms with Gasteiger partial charge in [0, 0.05) is 12.8 Å². The van der Waals surface area contributed by atoms with Crippen molar-refractivity contribution in [3.05, 3.63) is 64.0 Å². The van der Waals surface area contributed by atoms with Crippen LogP contribution in [-0.2, 0) is 17.8 Å². The Morgan fingerprint density at radius 3 is 3.07 bits per heavy atom. The summed E-state index contributed by atoms with van der Waals surface area (Å²) in [6, 6.07) is 7.34. The lowest BCUT2D eigenvalue weighted by molar-refractivity contribution is 0.0928. The molecule has 0 radical (unpaired) electrons. The first kappa shape index (κ1) is 17.4. The number of nitrogens with one attached hydrogen (secondary N) is 1. The zero-order valence-corrected chi connectivity index (χ0v) is 15.1. The molecule has 1 atom stereocenters. The van der Waals surface area contributed by atoms with Gasteiger partial charge in [0.25, 0.3) is 11.5 Å². The topological polar surface area (TPSA) is 90.5 Å². The lowest BCUT2D eigenvalue weighted by atomic mass is 10.1. The Labute approximate surface area is 155 Å². The third kappa shape index (κ3) is 3.48. The van der Waals surface area contributed by atoms with Gasteiger partial charge in [-0.2, -0.15) is 5.10 Å². The summed E-state index contributed by atoms with van der Waals surface area (Å²) in [6.45, 7) is 3.22. The van der Waals surface area contributed by atoms with Crippen molar-refractivity contribution in [1.29, 1.82) is 0 Å². The third-order valence-corrected chi connectivity index (χ3v) is 4.84. The molecule has 0 spiro atoms. The van der Waals surface area contributed by atoms with Crippen LogP contribution in [0.1, 0.15) is 34.5 Å². The Bertz CT molecular complexity index is 1030. The molecule has 4 heterocycles. The number of amides is 1. The average molecular weight is 367 g/mol. The molecule has 140 valence electrons. The number of carbonyl (C=O) groups excluding carboxylic acids is 1. The molecule has 1 aliphatic heterocycles. The van der Waals surface area contributed by atoms with E-state index in [0.717, 1.165) is 25.1 Å². The predicted molar refractivity (Wildman–Crippen MR) is 98.6 cm³/mol. The second kappa shape index (κ2) is 7.32. The Morgan fingerprint density at radius 2 is 2.26 bits per heavy atom. The van der Waals surface area contributed by atoms with Crippen LogP contribution in [0.25, 0.3) is 5.65 Å². The van der Waals surface area contributed by atoms with Crippen LogP contribution in [0.5, 0.6) is 0 Å². The van der Waals surface area contributed by atoms with Gasteiger partial charge in [-0.25, -0.2) is 9.50 Å². The van der Waals surface area contributed by atoms with Crippen molar-refractivity contribution < 1.29 is 9.53 Å². The minimum Gasteiger partial charge on any atom is -0.376 e. The number of fused-ring (bicyclic) bond motifs is 1. The van der Waals surface area contributed by atoms with Gasteiger partial charge < -0.3 is 14.6 Å². The normalized spacial score (nSPS) is 16.7. The highest BCUT2D eigenvalue weighted by Gasteiger charge is 2.20. The maximum absolute atomic E-state index is 12.8. The Kier molecular flexibility index (Phi) is 4.72. The first-order chi connectivity index (χ1) is 13.1. The van der Waals surface area contributed by atoms with Crippen molar-refractivity contribution in [1.82, 2.24) is 24.5 Å². The third-order valence-electron chi connectivity index (χ3n) is 4.84. The van der Waals surface area contributed by atoms with Crippen molar-refractivity contribution in [3.8, 4) is 0 Å². The minimum atomic E-state index is -0.392. The SMILES string of the molecule is Cc1ccn(CC2CCCO2)c(=O)c1C(=O)NCc1cccc2ncnn12. The van der Waals surface area contributed by atoms with Crippen molar-refractivity contribution in [2.45, 2.75) is 39.0 Å². The van der Waals surface area contributed by atoms with E-state index in [1.807, 2.05) is 18.2 Å². The van der Waals surface area contributed by atoms with Gasteiger partial charge in [0.1, 0.15) is 11.9 Å². The van der Waals surface area contributed by atoms with Crippen LogP contribution in [0.4, 0.5) is 0 Å². The summed E-state index contributed by atoms with van der Waals surface area (Å²) >= 11 is 0. The van der Waals surface area contributed by atoms with Crippen molar-refractivity contribution in [2.75, 3.05) is 6.61 Å². The van der Waals surface area contributed by atoms with E-state index < -0.39 is 5.91 Å². The molecule has 1 N–H and O–H groups in total. The lowest BCUT2D eigenvalue weighted by Crippen LogP contribution is -2.35. The predicted octanol–water partition coefficient (Wildman–Crippen LogP) is 1.31. The number of pyridine rings is 2. The van der Waals surface area contributed by atoms with E-state index in [2.05, 4.69) is 15.4 Å². The summed E-state index contributed by atoms with van der Waals surface area (Å²) in [5, 5.41) is 6.98. The largest absolute Gasteiger partial charge is 0.376 e. The number of rotatable bonds is 5. The first-order valence-electron chi connectivity index (χ1n) is 9.01. The summed E-state index contributed by atoms with van der Waals surface area (Å²) < 4.78 is 8.83. The number of ether oxygens (including phenoxy) is 1. The second-order valence-corrected chi connectivity index (χ2v) is 6.70. The molecule has 0 aromatic carbocycles. The summed E-state index contributed by atoms with van der Waals surface area (Å²) in [4.78, 5) is 29.7. The summed E-state index contributed by atoms with van der Waals surface area (Å²) in [5.41, 5.74) is 2.02. The summed E-state index contributed by atoms with van der Waals surface area (Å²) in [5.74, 6) is -0.392. The van der Waals surface area contributed by atoms with Crippen LogP contribution < -0.4 is 10.9 Å². The molecule has 0 saturated carbocycles. The highest BCUT2D eigenvalue weighted by Crippen LogP contribution is 2.14. The molecule has 27 heavy (non-hydrogen) atoms. The van der Waals surface area contributed by atoms with Crippen LogP contribution in [0.3, 0.4) is 0 Å². The fraction of sp³-hybridized carbons (Fsp3) is 0.368. The van der Waals surface area contributed by atoms with Gasteiger partial charge in [-0.05, 0) is 43.5 Å². The van der Waals surface area contributed by atoms with E-state index in [9.17, 15) is 9.59 Å². The molecule has 0 bridgehead atoms. The summed E-state index contributed by atoms with van der Waals surface area (Å²) in [7, 11) is 0. The smallest absolute Gasteiger partial charge is 0.263 e. The molecular formula is C19H21N5O3. The van der Waals surface area contributed by atoms with E-state index in [1.165, 1.54) is 6.33 Å². The molecule has 3 aromatic heterocycles. The van der Waals surface area contributed by atoms with Crippen LogP contribution in [-0.4, -0.2) is 37.8 Å². The minimum absolute atomic E-state index is 0.0336. The number of hydrogen-bond acceptors (Lipinski definition) is 5. The Hall–Kier alpha value is -3.00. The van der Waals surface area contributed by atoms with Crippen LogP contribution in [0, 0.1) is 6.92 Å². The van der Waals surface area contributed by atoms with E-state index in [-0.39, 0.29) is 23.8 Å². The molecule has 8 heteroatoms. The van der Waals surface area contributed by atoms with Gasteiger partial charge in [0.05, 0.1) is 24.9 Å². The van der Waals surface area contributed by atoms with Crippen LogP contribution in [0.2, 0.25) is 0 Å². The maximum atomic E-state index is 12.8. The standard InChI is InChI=1S/C19H21N5O3/c1-13-7-8-23(11-15-5-3-9-27-15)19(26)17(13)18(25)20-10-14-4-2-6-16-21-12-22-24(14)16/h2,4,6-8,12,15H,3,5,9-11H2,1H3,(H,20,25). The molecule has 1 unspecified atom stereocenters. The first-order valence-corrected chi connectivity index (χ1v) is 9.01. The molecular weight excluding hydrogens is 346 g/mol. The molecule has 1 fully saturated rings. The zero-order chi connectivity index (χ0) is 18.8. The van der Waals surface area contributed by atoms with E-state index in [0.29, 0.717) is 17.8 Å². The van der Waals surface area contributed by atoms with Crippen LogP contribution >= 0.6 is 0 Å². The van der Waals surface area contributed by atoms with Crippen LogP contribution in [0.15, 0.2) is 41.6 Å². The molecule has 1 aliphatic rings. The highest BCUT2D eigenvalue weighted by molar-refractivity contribution is 5.95. The van der Waals surface area contributed by atoms with Gasteiger partial charge in [-0.3, -0.25) is 9.59 Å². The number of carbonyl (C=O) groups is 1. The number of hydrogen-bond donors (Lipinski definition) is 1. The van der Waals surface area contributed by atoms with E-state index in [1.54, 1.807) is 28.3 Å². The van der Waals surface area contributed by atoms with Gasteiger partial charge in [-0.15, -0.1) is 0 Å². The molecule has 3 aromatic rings. The number of nitrogens with zero attached hydrogens (tertiary/aromatic N) is 4. The number of aryl methyl sites for hydroxylation is 1. The van der Waals surface area contributed by atoms with Crippen molar-refractivity contribution in [2.24, 2.45) is 0 Å². The fourth-order valence-corrected chi connectivity index (χ4v) is 3.39. The van der Waals surface area contributed by atoms with Gasteiger partial charge in [0.2, 0.25) is 0 Å². The molecule has 8 nitrogen and oxygen atoms in total. The zero-order valence-electron chi connectivity index (χ0n) is 15.1. The Balaban J connectivity index is 1.54. The van der Waals surface area contributed by atoms with Gasteiger partial charge >= 0.3 is 0 Å². The molecule has 0 aliphatic carbocycles. The van der Waals surface area contributed by atoms with Gasteiger partial charge in [-0.1, -0.05) is 6.07 Å². The monoisotopic (exact) mass is 367 g/mol. The van der Waals surface area contributed by atoms with E-state index >= 15 is 0 Å². The lowest BCUT2D eigenvalue weighted by Gasteiger charge is -2.14. The number of aromatic nitrogens is 4. The second-order valence-electron chi connectivity index (χ2n) is 6.70. The van der Waals surface area contributed by atoms with Crippen molar-refractivity contribution in [3.63, 3.8) is 0 Å². The molecule has 4 rings (SSSR count). The quantitative estimate of drug-likeness (QED) is 0.734. The van der Waals surface area contributed by atoms with Crippen molar-refractivity contribution >= 4 is 11.6 Å².